The molecule has 1 atom stereocenters. The molecule has 2 saturated heterocycles. The number of hydrogen-bond acceptors (Lipinski definition) is 7. The Morgan fingerprint density at radius 1 is 1.03 bits per heavy atom. The van der Waals surface area contributed by atoms with E-state index in [9.17, 15) is 14.7 Å². The van der Waals surface area contributed by atoms with Gasteiger partial charge in [-0.05, 0) is 55.3 Å². The summed E-state index contributed by atoms with van der Waals surface area (Å²) >= 11 is 6.03. The van der Waals surface area contributed by atoms with E-state index in [2.05, 4.69) is 11.8 Å². The average molecular weight is 543 g/mol. The van der Waals surface area contributed by atoms with Gasteiger partial charge in [-0.2, -0.15) is 0 Å². The van der Waals surface area contributed by atoms with Crippen molar-refractivity contribution in [2.45, 2.75) is 32.7 Å². The molecular formula is C29H35ClN2O6. The Kier molecular flexibility index (Phi) is 9.66. The molecule has 204 valence electrons. The minimum absolute atomic E-state index is 0.0430. The van der Waals surface area contributed by atoms with Crippen LogP contribution >= 0.6 is 11.6 Å². The molecule has 0 aliphatic carbocycles. The van der Waals surface area contributed by atoms with Crippen LogP contribution in [0.2, 0.25) is 5.02 Å². The molecule has 2 fully saturated rings. The first-order chi connectivity index (χ1) is 18.4. The van der Waals surface area contributed by atoms with Crippen molar-refractivity contribution in [1.29, 1.82) is 0 Å². The Morgan fingerprint density at radius 2 is 1.76 bits per heavy atom. The molecule has 0 radical (unpaired) electrons. The number of likely N-dealkylation sites (tertiary alicyclic amines) is 1. The van der Waals surface area contributed by atoms with E-state index in [-0.39, 0.29) is 11.3 Å². The van der Waals surface area contributed by atoms with E-state index >= 15 is 0 Å². The van der Waals surface area contributed by atoms with Gasteiger partial charge in [0, 0.05) is 36.8 Å². The lowest BCUT2D eigenvalue weighted by atomic mass is 9.95. The molecule has 4 rings (SSSR count). The minimum atomic E-state index is -0.782. The molecule has 38 heavy (non-hydrogen) atoms. The Bertz CT molecular complexity index is 1160. The number of aliphatic hydroxyl groups excluding tert-OH is 1. The van der Waals surface area contributed by atoms with Crippen LogP contribution < -0.4 is 9.47 Å². The number of nitrogens with zero attached hydrogens (tertiary/aromatic N) is 2. The highest BCUT2D eigenvalue weighted by Gasteiger charge is 2.46. The van der Waals surface area contributed by atoms with Crippen molar-refractivity contribution in [3.8, 4) is 11.5 Å². The van der Waals surface area contributed by atoms with Crippen LogP contribution in [0, 0.1) is 0 Å². The van der Waals surface area contributed by atoms with E-state index in [1.165, 1.54) is 0 Å². The number of rotatable bonds is 11. The van der Waals surface area contributed by atoms with Gasteiger partial charge in [0.1, 0.15) is 5.76 Å². The van der Waals surface area contributed by atoms with Crippen LogP contribution in [0.5, 0.6) is 11.5 Å². The molecule has 8 nitrogen and oxygen atoms in total. The smallest absolute Gasteiger partial charge is 0.295 e. The van der Waals surface area contributed by atoms with Crippen molar-refractivity contribution in [2.24, 2.45) is 0 Å². The van der Waals surface area contributed by atoms with Crippen LogP contribution in [0.25, 0.3) is 5.76 Å². The van der Waals surface area contributed by atoms with Gasteiger partial charge >= 0.3 is 0 Å². The van der Waals surface area contributed by atoms with Crippen molar-refractivity contribution in [1.82, 2.24) is 9.80 Å². The van der Waals surface area contributed by atoms with Crippen LogP contribution in [0.4, 0.5) is 0 Å². The molecule has 0 spiro atoms. The Morgan fingerprint density at radius 3 is 2.45 bits per heavy atom. The quantitative estimate of drug-likeness (QED) is 0.191. The molecule has 9 heteroatoms. The molecule has 1 N–H and O–H groups in total. The van der Waals surface area contributed by atoms with Gasteiger partial charge < -0.3 is 24.2 Å². The second kappa shape index (κ2) is 13.1. The molecule has 2 aromatic carbocycles. The summed E-state index contributed by atoms with van der Waals surface area (Å²) in [7, 11) is 0. The standard InChI is InChI=1S/C29H35ClN2O6/c1-3-5-16-38-23-11-8-21(19-24(23)37-4-2)26-25(27(33)20-6-9-22(30)10-7-20)28(34)29(35)32(26)13-12-31-14-17-36-18-15-31/h6-11,19,26,33H,3-5,12-18H2,1-2H3/b27-25+. The summed E-state index contributed by atoms with van der Waals surface area (Å²) in [4.78, 5) is 30.4. The topological polar surface area (TPSA) is 88.5 Å². The summed E-state index contributed by atoms with van der Waals surface area (Å²) < 4.78 is 17.2. The normalized spacial score (nSPS) is 19.7. The molecule has 2 heterocycles. The maximum absolute atomic E-state index is 13.4. The van der Waals surface area contributed by atoms with E-state index in [0.29, 0.717) is 67.2 Å². The number of Topliss-reactive ketones (excluding diaryl/α,β-unsaturated/α-hetero) is 1. The summed E-state index contributed by atoms with van der Waals surface area (Å²) in [5.41, 5.74) is 1.12. The second-order valence-corrected chi connectivity index (χ2v) is 9.73. The van der Waals surface area contributed by atoms with E-state index in [4.69, 9.17) is 25.8 Å². The van der Waals surface area contributed by atoms with Gasteiger partial charge in [0.15, 0.2) is 11.5 Å². The maximum Gasteiger partial charge on any atom is 0.295 e. The molecule has 0 bridgehead atoms. The number of unbranched alkanes of at least 4 members (excludes halogenated alkanes) is 1. The van der Waals surface area contributed by atoms with Crippen LogP contribution in [-0.2, 0) is 14.3 Å². The van der Waals surface area contributed by atoms with Gasteiger partial charge in [-0.15, -0.1) is 0 Å². The number of halogens is 1. The molecule has 2 aliphatic heterocycles. The Balaban J connectivity index is 1.75. The summed E-state index contributed by atoms with van der Waals surface area (Å²) in [6.45, 7) is 8.67. The molecule has 0 aromatic heterocycles. The van der Waals surface area contributed by atoms with Crippen LogP contribution in [-0.4, -0.2) is 79.2 Å². The number of benzene rings is 2. The Labute approximate surface area is 228 Å². The van der Waals surface area contributed by atoms with Crippen LogP contribution in [0.1, 0.15) is 43.9 Å². The highest BCUT2D eigenvalue weighted by Crippen LogP contribution is 2.42. The van der Waals surface area contributed by atoms with Gasteiger partial charge in [-0.1, -0.05) is 31.0 Å². The van der Waals surface area contributed by atoms with Crippen molar-refractivity contribution in [3.63, 3.8) is 0 Å². The number of hydrogen-bond donors (Lipinski definition) is 1. The zero-order chi connectivity index (χ0) is 27.1. The maximum atomic E-state index is 13.4. The molecule has 1 unspecified atom stereocenters. The van der Waals surface area contributed by atoms with E-state index in [1.807, 2.05) is 13.0 Å². The summed E-state index contributed by atoms with van der Waals surface area (Å²) in [5, 5.41) is 11.8. The van der Waals surface area contributed by atoms with E-state index in [1.54, 1.807) is 41.3 Å². The SMILES string of the molecule is CCCCOc1ccc(C2/C(=C(\O)c3ccc(Cl)cc3)C(=O)C(=O)N2CCN2CCOCC2)cc1OCC. The molecule has 2 aliphatic rings. The van der Waals surface area contributed by atoms with Crippen molar-refractivity contribution < 1.29 is 28.9 Å². The summed E-state index contributed by atoms with van der Waals surface area (Å²) in [6, 6.07) is 11.2. The van der Waals surface area contributed by atoms with Crippen molar-refractivity contribution in [2.75, 3.05) is 52.6 Å². The van der Waals surface area contributed by atoms with E-state index < -0.39 is 17.7 Å². The van der Waals surface area contributed by atoms with Crippen LogP contribution in [0.15, 0.2) is 48.0 Å². The number of ketones is 1. The molecular weight excluding hydrogens is 508 g/mol. The monoisotopic (exact) mass is 542 g/mol. The predicted molar refractivity (Wildman–Crippen MR) is 146 cm³/mol. The number of aliphatic hydroxyl groups is 1. The van der Waals surface area contributed by atoms with Crippen molar-refractivity contribution >= 4 is 29.1 Å². The second-order valence-electron chi connectivity index (χ2n) is 9.29. The lowest BCUT2D eigenvalue weighted by molar-refractivity contribution is -0.140. The lowest BCUT2D eigenvalue weighted by Crippen LogP contribution is -2.42. The predicted octanol–water partition coefficient (Wildman–Crippen LogP) is 4.67. The zero-order valence-electron chi connectivity index (χ0n) is 22.0. The van der Waals surface area contributed by atoms with Gasteiger partial charge in [0.25, 0.3) is 11.7 Å². The van der Waals surface area contributed by atoms with Crippen molar-refractivity contribution in [3.05, 3.63) is 64.2 Å². The Hall–Kier alpha value is -3.07. The first-order valence-electron chi connectivity index (χ1n) is 13.2. The first-order valence-corrected chi connectivity index (χ1v) is 13.6. The molecule has 1 amide bonds. The fourth-order valence-corrected chi connectivity index (χ4v) is 4.83. The lowest BCUT2D eigenvalue weighted by Gasteiger charge is -2.31. The third-order valence-electron chi connectivity index (χ3n) is 6.76. The zero-order valence-corrected chi connectivity index (χ0v) is 22.7. The van der Waals surface area contributed by atoms with Gasteiger partial charge in [0.05, 0.1) is 38.0 Å². The first kappa shape index (κ1) is 28.0. The number of ether oxygens (including phenoxy) is 3. The fourth-order valence-electron chi connectivity index (χ4n) is 4.70. The third-order valence-corrected chi connectivity index (χ3v) is 7.01. The highest BCUT2D eigenvalue weighted by atomic mass is 35.5. The van der Waals surface area contributed by atoms with Crippen LogP contribution in [0.3, 0.4) is 0 Å². The number of carbonyl (C=O) groups excluding carboxylic acids is 2. The average Bonchev–Trinajstić information content (AvgIpc) is 3.18. The van der Waals surface area contributed by atoms with Gasteiger partial charge in [-0.25, -0.2) is 0 Å². The van der Waals surface area contributed by atoms with Gasteiger partial charge in [0.2, 0.25) is 0 Å². The fraction of sp³-hybridized carbons (Fsp3) is 0.448. The van der Waals surface area contributed by atoms with Gasteiger partial charge in [-0.3, -0.25) is 14.5 Å². The highest BCUT2D eigenvalue weighted by molar-refractivity contribution is 6.46. The number of carbonyl (C=O) groups is 2. The van der Waals surface area contributed by atoms with E-state index in [0.717, 1.165) is 25.9 Å². The largest absolute Gasteiger partial charge is 0.507 e. The summed E-state index contributed by atoms with van der Waals surface area (Å²) in [5.74, 6) is -0.454. The number of amides is 1. The molecule has 2 aromatic rings. The third kappa shape index (κ3) is 6.31. The summed E-state index contributed by atoms with van der Waals surface area (Å²) in [6.07, 6.45) is 1.92. The minimum Gasteiger partial charge on any atom is -0.507 e. The molecule has 0 saturated carbocycles. The number of morpholine rings is 1.